The molecule has 0 unspecified atom stereocenters. The van der Waals surface area contributed by atoms with E-state index < -0.39 is 0 Å². The van der Waals surface area contributed by atoms with Crippen molar-refractivity contribution in [1.82, 2.24) is 9.99 Å². The molecule has 6 heteroatoms. The fourth-order valence-electron chi connectivity index (χ4n) is 2.92. The van der Waals surface area contributed by atoms with E-state index in [0.717, 1.165) is 27.1 Å². The minimum atomic E-state index is -0.286. The van der Waals surface area contributed by atoms with E-state index in [4.69, 9.17) is 4.74 Å². The van der Waals surface area contributed by atoms with Crippen LogP contribution >= 0.6 is 15.9 Å². The lowest BCUT2D eigenvalue weighted by Crippen LogP contribution is -2.17. The van der Waals surface area contributed by atoms with Gasteiger partial charge in [-0.1, -0.05) is 28.1 Å². The molecule has 138 valence electrons. The summed E-state index contributed by atoms with van der Waals surface area (Å²) < 4.78 is 8.31. The Hall–Kier alpha value is -2.86. The van der Waals surface area contributed by atoms with Crippen LogP contribution in [0.2, 0.25) is 0 Å². The van der Waals surface area contributed by atoms with Gasteiger partial charge in [0, 0.05) is 32.7 Å². The van der Waals surface area contributed by atoms with Crippen LogP contribution in [0.1, 0.15) is 27.3 Å². The molecule has 27 heavy (non-hydrogen) atoms. The van der Waals surface area contributed by atoms with Crippen molar-refractivity contribution in [3.63, 3.8) is 0 Å². The number of nitrogens with one attached hydrogen (secondary N) is 1. The molecule has 0 aliphatic carbocycles. The van der Waals surface area contributed by atoms with Crippen LogP contribution in [0.15, 0.2) is 64.2 Å². The SMILES string of the molecule is COc1cccc(C(=O)N/N=C\c2cc(C)n(-c3cccc(Br)c3)c2C)c1. The van der Waals surface area contributed by atoms with Crippen molar-refractivity contribution >= 4 is 28.1 Å². The van der Waals surface area contributed by atoms with E-state index in [1.54, 1.807) is 37.6 Å². The summed E-state index contributed by atoms with van der Waals surface area (Å²) >= 11 is 3.51. The average Bonchev–Trinajstić information content (AvgIpc) is 2.95. The van der Waals surface area contributed by atoms with Crippen molar-refractivity contribution in [2.45, 2.75) is 13.8 Å². The monoisotopic (exact) mass is 425 g/mol. The number of carbonyl (C=O) groups excluding carboxylic acids is 1. The molecule has 0 bridgehead atoms. The van der Waals surface area contributed by atoms with Gasteiger partial charge in [-0.05, 0) is 56.3 Å². The van der Waals surface area contributed by atoms with Gasteiger partial charge in [-0.25, -0.2) is 5.43 Å². The first kappa shape index (κ1) is 18.9. The fourth-order valence-corrected chi connectivity index (χ4v) is 3.31. The van der Waals surface area contributed by atoms with Gasteiger partial charge in [0.25, 0.3) is 5.91 Å². The van der Waals surface area contributed by atoms with E-state index in [1.807, 2.05) is 32.0 Å². The molecule has 3 aromatic rings. The van der Waals surface area contributed by atoms with Gasteiger partial charge >= 0.3 is 0 Å². The Bertz CT molecular complexity index is 1010. The number of ether oxygens (including phenoxy) is 1. The van der Waals surface area contributed by atoms with Crippen LogP contribution in [0, 0.1) is 13.8 Å². The third-order valence-corrected chi connectivity index (χ3v) is 4.73. The maximum atomic E-state index is 12.2. The lowest BCUT2D eigenvalue weighted by molar-refractivity contribution is 0.0955. The molecule has 0 saturated carbocycles. The van der Waals surface area contributed by atoms with Gasteiger partial charge in [-0.2, -0.15) is 5.10 Å². The zero-order chi connectivity index (χ0) is 19.4. The third-order valence-electron chi connectivity index (χ3n) is 4.24. The van der Waals surface area contributed by atoms with Crippen LogP contribution in [0.4, 0.5) is 0 Å². The Morgan fingerprint density at radius 2 is 1.93 bits per heavy atom. The summed E-state index contributed by atoms with van der Waals surface area (Å²) in [6.45, 7) is 4.07. The number of aromatic nitrogens is 1. The summed E-state index contributed by atoms with van der Waals surface area (Å²) in [7, 11) is 1.57. The number of amides is 1. The van der Waals surface area contributed by atoms with Crippen LogP contribution in [-0.2, 0) is 0 Å². The number of aryl methyl sites for hydroxylation is 1. The quantitative estimate of drug-likeness (QED) is 0.478. The van der Waals surface area contributed by atoms with Crippen molar-refractivity contribution in [2.75, 3.05) is 7.11 Å². The number of benzene rings is 2. The third kappa shape index (κ3) is 4.28. The Morgan fingerprint density at radius 3 is 2.67 bits per heavy atom. The van der Waals surface area contributed by atoms with E-state index in [0.29, 0.717) is 11.3 Å². The number of hydrazone groups is 1. The standard InChI is InChI=1S/C21H20BrN3O2/c1-14-10-17(15(2)25(14)19-8-5-7-18(22)12-19)13-23-24-21(26)16-6-4-9-20(11-16)27-3/h4-13H,1-3H3,(H,24,26)/b23-13-. The van der Waals surface area contributed by atoms with Crippen LogP contribution in [-0.4, -0.2) is 23.8 Å². The molecular formula is C21H20BrN3O2. The number of carbonyl (C=O) groups is 1. The number of hydrogen-bond donors (Lipinski definition) is 1. The molecule has 2 aromatic carbocycles. The fraction of sp³-hybridized carbons (Fsp3) is 0.143. The van der Waals surface area contributed by atoms with Gasteiger partial charge in [0.15, 0.2) is 0 Å². The summed E-state index contributed by atoms with van der Waals surface area (Å²) in [5.41, 5.74) is 7.20. The van der Waals surface area contributed by atoms with E-state index in [9.17, 15) is 4.79 Å². The van der Waals surface area contributed by atoms with Crippen LogP contribution in [0.3, 0.4) is 0 Å². The Labute approximate surface area is 166 Å². The smallest absolute Gasteiger partial charge is 0.271 e. The normalized spacial score (nSPS) is 11.0. The zero-order valence-corrected chi connectivity index (χ0v) is 16.9. The molecule has 0 radical (unpaired) electrons. The minimum Gasteiger partial charge on any atom is -0.497 e. The second kappa shape index (κ2) is 8.22. The molecule has 0 aliphatic heterocycles. The molecule has 0 spiro atoms. The number of rotatable bonds is 5. The van der Waals surface area contributed by atoms with Crippen molar-refractivity contribution in [1.29, 1.82) is 0 Å². The maximum absolute atomic E-state index is 12.2. The summed E-state index contributed by atoms with van der Waals surface area (Å²) in [6.07, 6.45) is 1.66. The van der Waals surface area contributed by atoms with E-state index in [-0.39, 0.29) is 5.91 Å². The van der Waals surface area contributed by atoms with Crippen LogP contribution in [0.5, 0.6) is 5.75 Å². The van der Waals surface area contributed by atoms with Gasteiger partial charge in [-0.3, -0.25) is 4.79 Å². The molecule has 3 rings (SSSR count). The number of hydrogen-bond acceptors (Lipinski definition) is 3. The summed E-state index contributed by atoms with van der Waals surface area (Å²) in [6, 6.07) is 17.1. The lowest BCUT2D eigenvalue weighted by atomic mass is 10.2. The van der Waals surface area contributed by atoms with Crippen molar-refractivity contribution in [3.8, 4) is 11.4 Å². The predicted molar refractivity (Wildman–Crippen MR) is 111 cm³/mol. The molecule has 0 aliphatic rings. The van der Waals surface area contributed by atoms with Gasteiger partial charge in [-0.15, -0.1) is 0 Å². The molecule has 1 aromatic heterocycles. The summed E-state index contributed by atoms with van der Waals surface area (Å²) in [4.78, 5) is 12.2. The first-order chi connectivity index (χ1) is 13.0. The largest absolute Gasteiger partial charge is 0.497 e. The second-order valence-corrected chi connectivity index (χ2v) is 6.99. The van der Waals surface area contributed by atoms with Gasteiger partial charge in [0.2, 0.25) is 0 Å². The van der Waals surface area contributed by atoms with Gasteiger partial charge in [0.05, 0.1) is 13.3 Å². The minimum absolute atomic E-state index is 0.286. The molecule has 1 heterocycles. The maximum Gasteiger partial charge on any atom is 0.271 e. The Morgan fingerprint density at radius 1 is 1.15 bits per heavy atom. The average molecular weight is 426 g/mol. The molecular weight excluding hydrogens is 406 g/mol. The molecule has 5 nitrogen and oxygen atoms in total. The first-order valence-corrected chi connectivity index (χ1v) is 9.21. The highest BCUT2D eigenvalue weighted by atomic mass is 79.9. The highest BCUT2D eigenvalue weighted by Crippen LogP contribution is 2.22. The zero-order valence-electron chi connectivity index (χ0n) is 15.4. The van der Waals surface area contributed by atoms with E-state index in [2.05, 4.69) is 43.2 Å². The first-order valence-electron chi connectivity index (χ1n) is 8.42. The molecule has 0 saturated heterocycles. The Kier molecular flexibility index (Phi) is 5.76. The van der Waals surface area contributed by atoms with Gasteiger partial charge < -0.3 is 9.30 Å². The molecule has 0 atom stereocenters. The topological polar surface area (TPSA) is 55.6 Å². The predicted octanol–water partition coefficient (Wildman–Crippen LogP) is 4.63. The summed E-state index contributed by atoms with van der Waals surface area (Å²) in [5, 5.41) is 4.11. The van der Waals surface area contributed by atoms with E-state index in [1.165, 1.54) is 0 Å². The number of halogens is 1. The Balaban J connectivity index is 1.78. The second-order valence-electron chi connectivity index (χ2n) is 6.07. The van der Waals surface area contributed by atoms with Crippen molar-refractivity contribution in [2.24, 2.45) is 5.10 Å². The summed E-state index contributed by atoms with van der Waals surface area (Å²) in [5.74, 6) is 0.343. The highest BCUT2D eigenvalue weighted by Gasteiger charge is 2.10. The lowest BCUT2D eigenvalue weighted by Gasteiger charge is -2.09. The molecule has 1 N–H and O–H groups in total. The molecule has 0 fully saturated rings. The number of methoxy groups -OCH3 is 1. The van der Waals surface area contributed by atoms with Gasteiger partial charge in [0.1, 0.15) is 5.75 Å². The highest BCUT2D eigenvalue weighted by molar-refractivity contribution is 9.10. The van der Waals surface area contributed by atoms with Crippen molar-refractivity contribution < 1.29 is 9.53 Å². The molecule has 1 amide bonds. The van der Waals surface area contributed by atoms with E-state index >= 15 is 0 Å². The number of nitrogens with zero attached hydrogens (tertiary/aromatic N) is 2. The van der Waals surface area contributed by atoms with Crippen molar-refractivity contribution in [3.05, 3.63) is 81.6 Å². The van der Waals surface area contributed by atoms with Crippen LogP contribution < -0.4 is 10.2 Å². The van der Waals surface area contributed by atoms with Crippen LogP contribution in [0.25, 0.3) is 5.69 Å².